The summed E-state index contributed by atoms with van der Waals surface area (Å²) in [7, 11) is 0. The molecule has 0 aliphatic heterocycles. The zero-order valence-electron chi connectivity index (χ0n) is 11.5. The summed E-state index contributed by atoms with van der Waals surface area (Å²) in [5.41, 5.74) is 0. The van der Waals surface area contributed by atoms with Crippen molar-refractivity contribution < 1.29 is 4.70 Å². The van der Waals surface area contributed by atoms with Crippen molar-refractivity contribution >= 4 is 0 Å². The molecule has 0 amide bonds. The van der Waals surface area contributed by atoms with E-state index in [1.165, 1.54) is 39.3 Å². The summed E-state index contributed by atoms with van der Waals surface area (Å²) in [4.78, 5) is 4.75. The average Bonchev–Trinajstić information content (AvgIpc) is 2.24. The predicted octanol–water partition coefficient (Wildman–Crippen LogP) is 2.85. The maximum Gasteiger partial charge on any atom is -0.00474 e. The predicted molar refractivity (Wildman–Crippen MR) is 69.4 cm³/mol. The number of halogens is 1. The van der Waals surface area contributed by atoms with Crippen molar-refractivity contribution in [2.24, 2.45) is 0 Å². The van der Waals surface area contributed by atoms with Crippen molar-refractivity contribution in [1.29, 1.82) is 0 Å². The Hall–Kier alpha value is -0.150. The molecule has 0 aliphatic rings. The van der Waals surface area contributed by atoms with Crippen molar-refractivity contribution in [3.8, 4) is 0 Å². The molecule has 0 aromatic carbocycles. The van der Waals surface area contributed by atoms with Crippen molar-refractivity contribution in [2.45, 2.75) is 41.5 Å². The van der Waals surface area contributed by atoms with E-state index in [2.05, 4.69) is 51.3 Å². The number of nitrogens with zero attached hydrogens (tertiary/aromatic N) is 2. The minimum atomic E-state index is 0. The molecule has 0 saturated carbocycles. The van der Waals surface area contributed by atoms with E-state index in [1.807, 2.05) is 0 Å². The molecule has 0 unspecified atom stereocenters. The topological polar surface area (TPSA) is 6.48 Å². The standard InChI is InChI=1S/2C6H15N.FH/c2*1-4-7(5-2)6-3;/h2*4-6H2,1-3H3;1H. The van der Waals surface area contributed by atoms with Gasteiger partial charge in [0.1, 0.15) is 0 Å². The minimum Gasteiger partial charge on any atom is -0.304 e. The van der Waals surface area contributed by atoms with E-state index in [0.717, 1.165) is 0 Å². The van der Waals surface area contributed by atoms with E-state index >= 15 is 0 Å². The van der Waals surface area contributed by atoms with Crippen LogP contribution in [0.4, 0.5) is 4.70 Å². The third-order valence-electron chi connectivity index (χ3n) is 2.68. The van der Waals surface area contributed by atoms with Gasteiger partial charge in [0.2, 0.25) is 0 Å². The molecule has 0 rings (SSSR count). The summed E-state index contributed by atoms with van der Waals surface area (Å²) >= 11 is 0. The normalized spacial score (nSPS) is 9.60. The molecule has 3 heteroatoms. The van der Waals surface area contributed by atoms with Crippen LogP contribution >= 0.6 is 0 Å². The summed E-state index contributed by atoms with van der Waals surface area (Å²) in [6.07, 6.45) is 0. The molecule has 0 aromatic heterocycles. The van der Waals surface area contributed by atoms with Gasteiger partial charge in [0.05, 0.1) is 0 Å². The first-order valence-corrected chi connectivity index (χ1v) is 6.14. The van der Waals surface area contributed by atoms with Gasteiger partial charge in [-0.15, -0.1) is 0 Å². The van der Waals surface area contributed by atoms with Crippen molar-refractivity contribution in [3.63, 3.8) is 0 Å². The van der Waals surface area contributed by atoms with Crippen LogP contribution in [0.3, 0.4) is 0 Å². The fourth-order valence-corrected chi connectivity index (χ4v) is 1.34. The molecule has 0 aromatic rings. The smallest absolute Gasteiger partial charge is 0.00474 e. The van der Waals surface area contributed by atoms with Crippen LogP contribution in [-0.2, 0) is 0 Å². The van der Waals surface area contributed by atoms with Crippen LogP contribution in [0.25, 0.3) is 0 Å². The largest absolute Gasteiger partial charge is 0.304 e. The first kappa shape index (κ1) is 20.3. The highest BCUT2D eigenvalue weighted by Gasteiger charge is 1.89. The summed E-state index contributed by atoms with van der Waals surface area (Å²) in [5, 5.41) is 0. The number of hydrogen-bond donors (Lipinski definition) is 0. The Morgan fingerprint density at radius 3 is 0.600 bits per heavy atom. The second-order valence-electron chi connectivity index (χ2n) is 3.24. The second kappa shape index (κ2) is 16.3. The van der Waals surface area contributed by atoms with E-state index in [9.17, 15) is 0 Å². The fourth-order valence-electron chi connectivity index (χ4n) is 1.34. The third kappa shape index (κ3) is 13.9. The van der Waals surface area contributed by atoms with Gasteiger partial charge in [0.25, 0.3) is 0 Å². The summed E-state index contributed by atoms with van der Waals surface area (Å²) in [6, 6.07) is 0. The summed E-state index contributed by atoms with van der Waals surface area (Å²) < 4.78 is 0. The maximum atomic E-state index is 2.38. The Balaban J connectivity index is -0.000000180. The first-order chi connectivity index (χ1) is 6.69. The van der Waals surface area contributed by atoms with Crippen LogP contribution in [0.5, 0.6) is 0 Å². The van der Waals surface area contributed by atoms with Crippen molar-refractivity contribution in [1.82, 2.24) is 9.80 Å². The van der Waals surface area contributed by atoms with Crippen LogP contribution < -0.4 is 0 Å². The van der Waals surface area contributed by atoms with Crippen LogP contribution in [0.15, 0.2) is 0 Å². The van der Waals surface area contributed by atoms with Gasteiger partial charge in [-0.1, -0.05) is 41.5 Å². The molecule has 2 nitrogen and oxygen atoms in total. The summed E-state index contributed by atoms with van der Waals surface area (Å²) in [6.45, 7) is 20.2. The molecule has 0 spiro atoms. The van der Waals surface area contributed by atoms with Gasteiger partial charge >= 0.3 is 0 Å². The van der Waals surface area contributed by atoms with E-state index in [0.29, 0.717) is 0 Å². The van der Waals surface area contributed by atoms with Crippen LogP contribution in [0.2, 0.25) is 0 Å². The molecule has 0 bridgehead atoms. The molecule has 15 heavy (non-hydrogen) atoms. The van der Waals surface area contributed by atoms with E-state index in [-0.39, 0.29) is 4.70 Å². The summed E-state index contributed by atoms with van der Waals surface area (Å²) in [5.74, 6) is 0. The molecule has 0 radical (unpaired) electrons. The molecular formula is C12H31FN2. The van der Waals surface area contributed by atoms with Gasteiger partial charge in [-0.25, -0.2) is 0 Å². The minimum absolute atomic E-state index is 0. The lowest BCUT2D eigenvalue weighted by molar-refractivity contribution is 0.321. The number of rotatable bonds is 6. The van der Waals surface area contributed by atoms with E-state index in [4.69, 9.17) is 0 Å². The molecule has 96 valence electrons. The Kier molecular flexibility index (Phi) is 22.0. The zero-order chi connectivity index (χ0) is 11.4. The molecule has 0 atom stereocenters. The molecule has 0 heterocycles. The van der Waals surface area contributed by atoms with Crippen molar-refractivity contribution in [3.05, 3.63) is 0 Å². The van der Waals surface area contributed by atoms with Gasteiger partial charge in [-0.05, 0) is 39.3 Å². The first-order valence-electron chi connectivity index (χ1n) is 6.14. The van der Waals surface area contributed by atoms with Gasteiger partial charge in [0, 0.05) is 0 Å². The van der Waals surface area contributed by atoms with E-state index in [1.54, 1.807) is 0 Å². The zero-order valence-corrected chi connectivity index (χ0v) is 11.5. The van der Waals surface area contributed by atoms with Crippen LogP contribution in [0.1, 0.15) is 41.5 Å². The van der Waals surface area contributed by atoms with Gasteiger partial charge in [0.15, 0.2) is 0 Å². The van der Waals surface area contributed by atoms with Crippen LogP contribution in [0, 0.1) is 0 Å². The number of hydrogen-bond acceptors (Lipinski definition) is 2. The van der Waals surface area contributed by atoms with Gasteiger partial charge in [-0.3, -0.25) is 4.70 Å². The van der Waals surface area contributed by atoms with E-state index < -0.39 is 0 Å². The monoisotopic (exact) mass is 222 g/mol. The molecule has 0 aliphatic carbocycles. The molecule has 0 saturated heterocycles. The Morgan fingerprint density at radius 1 is 0.467 bits per heavy atom. The maximum absolute atomic E-state index is 2.38. The Morgan fingerprint density at radius 2 is 0.600 bits per heavy atom. The van der Waals surface area contributed by atoms with Crippen LogP contribution in [-0.4, -0.2) is 49.1 Å². The average molecular weight is 222 g/mol. The SMILES string of the molecule is CCN(CC)CC.CCN(CC)CC.F. The Labute approximate surface area is 96.0 Å². The third-order valence-corrected chi connectivity index (χ3v) is 2.68. The van der Waals surface area contributed by atoms with Gasteiger partial charge < -0.3 is 9.80 Å². The molecule has 0 fully saturated rings. The lowest BCUT2D eigenvalue weighted by Gasteiger charge is -2.13. The fraction of sp³-hybridized carbons (Fsp3) is 1.00. The Bertz CT molecular complexity index is 68.6. The molecule has 0 N–H and O–H groups in total. The highest BCUT2D eigenvalue weighted by atomic mass is 19.0. The van der Waals surface area contributed by atoms with Gasteiger partial charge in [-0.2, -0.15) is 0 Å². The highest BCUT2D eigenvalue weighted by molar-refractivity contribution is 4.44. The second-order valence-corrected chi connectivity index (χ2v) is 3.24. The molecular weight excluding hydrogens is 191 g/mol. The lowest BCUT2D eigenvalue weighted by Crippen LogP contribution is -2.21. The highest BCUT2D eigenvalue weighted by Crippen LogP contribution is 1.82. The van der Waals surface area contributed by atoms with Crippen molar-refractivity contribution in [2.75, 3.05) is 39.3 Å². The lowest BCUT2D eigenvalue weighted by atomic mass is 10.5. The quantitative estimate of drug-likeness (QED) is 0.682.